The fraction of sp³-hybridized carbons (Fsp3) is 0.316. The molecule has 9 heteroatoms. The smallest absolute Gasteiger partial charge is 0.293 e. The second-order valence-electron chi connectivity index (χ2n) is 6.78. The first-order chi connectivity index (χ1) is 13.4. The first-order valence-electron chi connectivity index (χ1n) is 8.97. The lowest BCUT2D eigenvalue weighted by molar-refractivity contribution is 0.0529. The van der Waals surface area contributed by atoms with Crippen LogP contribution in [0.2, 0.25) is 5.02 Å². The van der Waals surface area contributed by atoms with Crippen LogP contribution in [0.3, 0.4) is 0 Å². The van der Waals surface area contributed by atoms with E-state index in [-0.39, 0.29) is 17.6 Å². The highest BCUT2D eigenvalue weighted by Crippen LogP contribution is 2.14. The SMILES string of the molecule is Cc1cc(C)n2nc(C(=O)N3CCN(C(=O)c4ccc(Cl)cc4)CC3)nc2n1. The molecule has 1 aliphatic rings. The Bertz CT molecular complexity index is 1050. The number of carbonyl (C=O) groups is 2. The summed E-state index contributed by atoms with van der Waals surface area (Å²) in [5, 5.41) is 4.89. The van der Waals surface area contributed by atoms with E-state index in [1.54, 1.807) is 38.6 Å². The number of benzene rings is 1. The van der Waals surface area contributed by atoms with E-state index in [1.807, 2.05) is 19.9 Å². The van der Waals surface area contributed by atoms with Gasteiger partial charge in [0.2, 0.25) is 5.82 Å². The summed E-state index contributed by atoms with van der Waals surface area (Å²) in [7, 11) is 0. The number of aryl methyl sites for hydroxylation is 2. The summed E-state index contributed by atoms with van der Waals surface area (Å²) in [4.78, 5) is 37.4. The predicted octanol–water partition coefficient (Wildman–Crippen LogP) is 1.99. The Morgan fingerprint density at radius 1 is 0.929 bits per heavy atom. The topological polar surface area (TPSA) is 83.7 Å². The molecular formula is C19H19ClN6O2. The molecule has 0 saturated carbocycles. The third-order valence-corrected chi connectivity index (χ3v) is 5.01. The number of piperazine rings is 1. The Morgan fingerprint density at radius 3 is 2.18 bits per heavy atom. The maximum Gasteiger partial charge on any atom is 0.293 e. The zero-order chi connectivity index (χ0) is 19.8. The largest absolute Gasteiger partial charge is 0.335 e. The Kier molecular flexibility index (Phi) is 4.72. The second kappa shape index (κ2) is 7.20. The lowest BCUT2D eigenvalue weighted by Gasteiger charge is -2.34. The number of fused-ring (bicyclic) bond motifs is 1. The van der Waals surface area contributed by atoms with E-state index < -0.39 is 0 Å². The summed E-state index contributed by atoms with van der Waals surface area (Å²) < 4.78 is 1.57. The Labute approximate surface area is 166 Å². The molecule has 3 heterocycles. The summed E-state index contributed by atoms with van der Waals surface area (Å²) in [6, 6.07) is 8.69. The van der Waals surface area contributed by atoms with Crippen molar-refractivity contribution >= 4 is 29.2 Å². The van der Waals surface area contributed by atoms with Crippen molar-refractivity contribution in [3.8, 4) is 0 Å². The van der Waals surface area contributed by atoms with Crippen LogP contribution in [0.15, 0.2) is 30.3 Å². The van der Waals surface area contributed by atoms with Gasteiger partial charge in [-0.2, -0.15) is 4.98 Å². The highest BCUT2D eigenvalue weighted by Gasteiger charge is 2.28. The number of nitrogens with zero attached hydrogens (tertiary/aromatic N) is 6. The monoisotopic (exact) mass is 398 g/mol. The fourth-order valence-electron chi connectivity index (χ4n) is 3.29. The van der Waals surface area contributed by atoms with Crippen LogP contribution in [0.5, 0.6) is 0 Å². The number of hydrogen-bond donors (Lipinski definition) is 0. The number of carbonyl (C=O) groups excluding carboxylic acids is 2. The molecule has 1 aliphatic heterocycles. The Balaban J connectivity index is 1.45. The molecule has 0 N–H and O–H groups in total. The summed E-state index contributed by atoms with van der Waals surface area (Å²) in [5.41, 5.74) is 2.28. The second-order valence-corrected chi connectivity index (χ2v) is 7.21. The Morgan fingerprint density at radius 2 is 1.54 bits per heavy atom. The van der Waals surface area contributed by atoms with E-state index >= 15 is 0 Å². The van der Waals surface area contributed by atoms with Gasteiger partial charge in [0.05, 0.1) is 0 Å². The molecule has 0 radical (unpaired) electrons. The van der Waals surface area contributed by atoms with E-state index in [9.17, 15) is 9.59 Å². The van der Waals surface area contributed by atoms with E-state index in [0.717, 1.165) is 11.4 Å². The summed E-state index contributed by atoms with van der Waals surface area (Å²) >= 11 is 5.87. The minimum atomic E-state index is -0.249. The fourth-order valence-corrected chi connectivity index (χ4v) is 3.41. The maximum atomic E-state index is 12.8. The molecule has 0 unspecified atom stereocenters. The minimum Gasteiger partial charge on any atom is -0.335 e. The third-order valence-electron chi connectivity index (χ3n) is 4.75. The van der Waals surface area contributed by atoms with Crippen LogP contribution < -0.4 is 0 Å². The van der Waals surface area contributed by atoms with Gasteiger partial charge in [-0.25, -0.2) is 9.50 Å². The number of rotatable bonds is 2. The lowest BCUT2D eigenvalue weighted by atomic mass is 10.2. The van der Waals surface area contributed by atoms with Crippen LogP contribution in [-0.2, 0) is 0 Å². The molecule has 0 bridgehead atoms. The van der Waals surface area contributed by atoms with Crippen LogP contribution in [0.25, 0.3) is 5.78 Å². The van der Waals surface area contributed by atoms with E-state index in [2.05, 4.69) is 15.1 Å². The summed E-state index contributed by atoms with van der Waals surface area (Å²) in [6.07, 6.45) is 0. The normalized spacial score (nSPS) is 14.5. The molecule has 28 heavy (non-hydrogen) atoms. The minimum absolute atomic E-state index is 0.0649. The van der Waals surface area contributed by atoms with Crippen molar-refractivity contribution in [1.82, 2.24) is 29.4 Å². The van der Waals surface area contributed by atoms with E-state index in [1.165, 1.54) is 0 Å². The number of aromatic nitrogens is 4. The highest BCUT2D eigenvalue weighted by molar-refractivity contribution is 6.30. The van der Waals surface area contributed by atoms with Gasteiger partial charge in [-0.3, -0.25) is 9.59 Å². The van der Waals surface area contributed by atoms with Crippen LogP contribution in [0, 0.1) is 13.8 Å². The maximum absolute atomic E-state index is 12.8. The van der Waals surface area contributed by atoms with Gasteiger partial charge in [0.15, 0.2) is 0 Å². The van der Waals surface area contributed by atoms with Crippen molar-refractivity contribution in [1.29, 1.82) is 0 Å². The standard InChI is InChI=1S/C19H19ClN6O2/c1-12-11-13(2)26-19(21-12)22-16(23-26)18(28)25-9-7-24(8-10-25)17(27)14-3-5-15(20)6-4-14/h3-6,11H,7-10H2,1-2H3. The number of hydrogen-bond acceptors (Lipinski definition) is 5. The van der Waals surface area contributed by atoms with Gasteiger partial charge < -0.3 is 9.80 Å². The lowest BCUT2D eigenvalue weighted by Crippen LogP contribution is -2.50. The predicted molar refractivity (Wildman–Crippen MR) is 104 cm³/mol. The van der Waals surface area contributed by atoms with E-state index in [4.69, 9.17) is 11.6 Å². The van der Waals surface area contributed by atoms with Crippen molar-refractivity contribution in [3.05, 3.63) is 58.1 Å². The number of halogens is 1. The number of amides is 2. The quantitative estimate of drug-likeness (QED) is 0.659. The van der Waals surface area contributed by atoms with Crippen molar-refractivity contribution < 1.29 is 9.59 Å². The van der Waals surface area contributed by atoms with Crippen molar-refractivity contribution in [2.45, 2.75) is 13.8 Å². The van der Waals surface area contributed by atoms with Gasteiger partial charge in [-0.05, 0) is 44.2 Å². The molecule has 144 valence electrons. The molecule has 1 fully saturated rings. The van der Waals surface area contributed by atoms with Crippen LogP contribution in [0.4, 0.5) is 0 Å². The summed E-state index contributed by atoms with van der Waals surface area (Å²) in [6.45, 7) is 5.54. The molecule has 0 spiro atoms. The van der Waals surface area contributed by atoms with Crippen molar-refractivity contribution in [2.75, 3.05) is 26.2 Å². The molecule has 1 saturated heterocycles. The van der Waals surface area contributed by atoms with Gasteiger partial charge in [0, 0.05) is 48.2 Å². The van der Waals surface area contributed by atoms with Crippen LogP contribution in [0.1, 0.15) is 32.4 Å². The van der Waals surface area contributed by atoms with Gasteiger partial charge in [0.1, 0.15) is 0 Å². The molecule has 0 aliphatic carbocycles. The van der Waals surface area contributed by atoms with Gasteiger partial charge in [0.25, 0.3) is 17.6 Å². The molecule has 3 aromatic rings. The van der Waals surface area contributed by atoms with Crippen LogP contribution >= 0.6 is 11.6 Å². The average molecular weight is 399 g/mol. The molecule has 0 atom stereocenters. The molecule has 1 aromatic carbocycles. The van der Waals surface area contributed by atoms with Crippen molar-refractivity contribution in [2.24, 2.45) is 0 Å². The Hall–Kier alpha value is -3.00. The molecular weight excluding hydrogens is 380 g/mol. The zero-order valence-corrected chi connectivity index (χ0v) is 16.3. The third kappa shape index (κ3) is 3.43. The molecule has 2 aromatic heterocycles. The summed E-state index contributed by atoms with van der Waals surface area (Å²) in [5.74, 6) is 0.224. The molecule has 4 rings (SSSR count). The van der Waals surface area contributed by atoms with Gasteiger partial charge >= 0.3 is 0 Å². The molecule has 2 amide bonds. The van der Waals surface area contributed by atoms with Gasteiger partial charge in [-0.1, -0.05) is 11.6 Å². The zero-order valence-electron chi connectivity index (χ0n) is 15.6. The molecule has 8 nitrogen and oxygen atoms in total. The van der Waals surface area contributed by atoms with Crippen LogP contribution in [-0.4, -0.2) is 67.4 Å². The van der Waals surface area contributed by atoms with E-state index in [0.29, 0.717) is 42.5 Å². The van der Waals surface area contributed by atoms with Crippen molar-refractivity contribution in [3.63, 3.8) is 0 Å². The first-order valence-corrected chi connectivity index (χ1v) is 9.35. The highest BCUT2D eigenvalue weighted by atomic mass is 35.5. The van der Waals surface area contributed by atoms with Gasteiger partial charge in [-0.15, -0.1) is 5.10 Å². The average Bonchev–Trinajstić information content (AvgIpc) is 3.12. The first kappa shape index (κ1) is 18.4.